The van der Waals surface area contributed by atoms with E-state index >= 15 is 0 Å². The Morgan fingerprint density at radius 1 is 1.21 bits per heavy atom. The molecule has 2 N–H and O–H groups in total. The van der Waals surface area contributed by atoms with Crippen LogP contribution < -0.4 is 10.6 Å². The maximum absolute atomic E-state index is 10.6. The first-order valence-corrected chi connectivity index (χ1v) is 5.22. The molecule has 0 heterocycles. The zero-order chi connectivity index (χ0) is 10.8. The monoisotopic (exact) mass is 202 g/mol. The van der Waals surface area contributed by atoms with Crippen molar-refractivity contribution in [3.05, 3.63) is 0 Å². The summed E-state index contributed by atoms with van der Waals surface area (Å²) < 4.78 is 4.45. The number of unbranched alkanes of at least 4 members (excludes halogenated alkanes) is 2. The van der Waals surface area contributed by atoms with Crippen molar-refractivity contribution in [3.63, 3.8) is 0 Å². The van der Waals surface area contributed by atoms with Crippen molar-refractivity contribution < 1.29 is 9.53 Å². The van der Waals surface area contributed by atoms with Crippen molar-refractivity contribution in [1.29, 1.82) is 0 Å². The topological polar surface area (TPSA) is 50.4 Å². The van der Waals surface area contributed by atoms with Gasteiger partial charge in [0.25, 0.3) is 0 Å². The first-order chi connectivity index (χ1) is 6.66. The second-order valence-electron chi connectivity index (χ2n) is 3.59. The highest BCUT2D eigenvalue weighted by atomic mass is 16.5. The van der Waals surface area contributed by atoms with Crippen LogP contribution in [0.3, 0.4) is 0 Å². The third kappa shape index (κ3) is 9.32. The molecule has 1 amide bonds. The van der Waals surface area contributed by atoms with Gasteiger partial charge in [0.15, 0.2) is 0 Å². The third-order valence-corrected chi connectivity index (χ3v) is 1.86. The Labute approximate surface area is 86.4 Å². The minimum Gasteiger partial charge on any atom is -0.453 e. The summed E-state index contributed by atoms with van der Waals surface area (Å²) in [7, 11) is 1.38. The summed E-state index contributed by atoms with van der Waals surface area (Å²) in [5, 5.41) is 5.99. The summed E-state index contributed by atoms with van der Waals surface area (Å²) >= 11 is 0. The molecule has 4 nitrogen and oxygen atoms in total. The van der Waals surface area contributed by atoms with Crippen molar-refractivity contribution in [3.8, 4) is 0 Å². The maximum atomic E-state index is 10.6. The van der Waals surface area contributed by atoms with E-state index in [1.807, 2.05) is 0 Å². The molecule has 0 aliphatic rings. The Kier molecular flexibility index (Phi) is 8.33. The Hall–Kier alpha value is -0.770. The minimum atomic E-state index is -0.342. The van der Waals surface area contributed by atoms with Gasteiger partial charge in [-0.25, -0.2) is 4.79 Å². The molecule has 0 saturated carbocycles. The highest BCUT2D eigenvalue weighted by Crippen LogP contribution is 1.93. The Morgan fingerprint density at radius 2 is 1.86 bits per heavy atom. The quantitative estimate of drug-likeness (QED) is 0.615. The number of ether oxygens (including phenoxy) is 1. The van der Waals surface area contributed by atoms with Crippen LogP contribution >= 0.6 is 0 Å². The average molecular weight is 202 g/mol. The van der Waals surface area contributed by atoms with E-state index in [1.165, 1.54) is 7.11 Å². The van der Waals surface area contributed by atoms with Crippen LogP contribution in [0.2, 0.25) is 0 Å². The number of carbonyl (C=O) groups is 1. The van der Waals surface area contributed by atoms with E-state index in [2.05, 4.69) is 29.2 Å². The second-order valence-corrected chi connectivity index (χ2v) is 3.59. The van der Waals surface area contributed by atoms with Crippen molar-refractivity contribution in [2.45, 2.75) is 39.2 Å². The molecule has 14 heavy (non-hydrogen) atoms. The molecular formula is C10H22N2O2. The van der Waals surface area contributed by atoms with E-state index < -0.39 is 0 Å². The number of rotatable bonds is 7. The standard InChI is InChI=1S/C10H22N2O2/c1-9(2)11-7-5-4-6-8-12-10(13)14-3/h9,11H,4-8H2,1-3H3,(H,12,13). The number of methoxy groups -OCH3 is 1. The minimum absolute atomic E-state index is 0.342. The molecule has 4 heteroatoms. The summed E-state index contributed by atoms with van der Waals surface area (Å²) in [6.45, 7) is 6.03. The summed E-state index contributed by atoms with van der Waals surface area (Å²) in [5.74, 6) is 0. The van der Waals surface area contributed by atoms with Gasteiger partial charge in [0.1, 0.15) is 0 Å². The second kappa shape index (κ2) is 8.81. The molecule has 0 radical (unpaired) electrons. The maximum Gasteiger partial charge on any atom is 0.406 e. The Morgan fingerprint density at radius 3 is 2.43 bits per heavy atom. The van der Waals surface area contributed by atoms with Gasteiger partial charge in [-0.3, -0.25) is 0 Å². The van der Waals surface area contributed by atoms with Crippen LogP contribution in [0, 0.1) is 0 Å². The molecule has 0 aromatic heterocycles. The van der Waals surface area contributed by atoms with E-state index in [9.17, 15) is 4.79 Å². The molecule has 0 fully saturated rings. The lowest BCUT2D eigenvalue weighted by Crippen LogP contribution is -2.25. The Balaban J connectivity index is 3.03. The third-order valence-electron chi connectivity index (χ3n) is 1.86. The van der Waals surface area contributed by atoms with E-state index in [0.717, 1.165) is 25.8 Å². The van der Waals surface area contributed by atoms with Crippen molar-refractivity contribution in [2.24, 2.45) is 0 Å². The number of hydrogen-bond acceptors (Lipinski definition) is 3. The molecule has 84 valence electrons. The fourth-order valence-electron chi connectivity index (χ4n) is 1.08. The lowest BCUT2D eigenvalue weighted by molar-refractivity contribution is 0.171. The van der Waals surface area contributed by atoms with Gasteiger partial charge in [-0.2, -0.15) is 0 Å². The largest absolute Gasteiger partial charge is 0.453 e. The number of amides is 1. The van der Waals surface area contributed by atoms with E-state index in [-0.39, 0.29) is 6.09 Å². The zero-order valence-corrected chi connectivity index (χ0v) is 9.43. The van der Waals surface area contributed by atoms with Crippen LogP contribution in [0.4, 0.5) is 4.79 Å². The summed E-state index contributed by atoms with van der Waals surface area (Å²) in [6.07, 6.45) is 2.95. The smallest absolute Gasteiger partial charge is 0.406 e. The van der Waals surface area contributed by atoms with Crippen LogP contribution in [0.1, 0.15) is 33.1 Å². The zero-order valence-electron chi connectivity index (χ0n) is 9.43. The molecule has 0 rings (SSSR count). The first-order valence-electron chi connectivity index (χ1n) is 5.22. The first kappa shape index (κ1) is 13.2. The van der Waals surface area contributed by atoms with Gasteiger partial charge in [0, 0.05) is 12.6 Å². The number of carbonyl (C=O) groups excluding carboxylic acids is 1. The summed E-state index contributed by atoms with van der Waals surface area (Å²) in [6, 6.07) is 0.559. The molecule has 0 unspecified atom stereocenters. The molecule has 0 aliphatic heterocycles. The fraction of sp³-hybridized carbons (Fsp3) is 0.900. The van der Waals surface area contributed by atoms with Gasteiger partial charge in [-0.05, 0) is 19.4 Å². The highest BCUT2D eigenvalue weighted by molar-refractivity contribution is 5.66. The van der Waals surface area contributed by atoms with E-state index in [1.54, 1.807) is 0 Å². The predicted octanol–water partition coefficient (Wildman–Crippen LogP) is 1.51. The normalized spacial score (nSPS) is 10.3. The van der Waals surface area contributed by atoms with E-state index in [0.29, 0.717) is 12.6 Å². The van der Waals surface area contributed by atoms with Gasteiger partial charge in [-0.15, -0.1) is 0 Å². The molecule has 0 bridgehead atoms. The fourth-order valence-corrected chi connectivity index (χ4v) is 1.08. The highest BCUT2D eigenvalue weighted by Gasteiger charge is 1.96. The number of nitrogens with one attached hydrogen (secondary N) is 2. The van der Waals surface area contributed by atoms with Gasteiger partial charge < -0.3 is 15.4 Å². The number of alkyl carbamates (subject to hydrolysis) is 1. The lowest BCUT2D eigenvalue weighted by Gasteiger charge is -2.07. The Bertz CT molecular complexity index is 149. The van der Waals surface area contributed by atoms with Crippen LogP contribution in [-0.4, -0.2) is 32.3 Å². The summed E-state index contributed by atoms with van der Waals surface area (Å²) in [4.78, 5) is 10.6. The van der Waals surface area contributed by atoms with Gasteiger partial charge >= 0.3 is 6.09 Å². The van der Waals surface area contributed by atoms with Crippen molar-refractivity contribution in [2.75, 3.05) is 20.2 Å². The predicted molar refractivity (Wildman–Crippen MR) is 57.4 cm³/mol. The van der Waals surface area contributed by atoms with Gasteiger partial charge in [-0.1, -0.05) is 20.3 Å². The molecule has 0 aromatic carbocycles. The average Bonchev–Trinajstić information content (AvgIpc) is 2.15. The van der Waals surface area contributed by atoms with E-state index in [4.69, 9.17) is 0 Å². The van der Waals surface area contributed by atoms with Crippen molar-refractivity contribution >= 4 is 6.09 Å². The van der Waals surface area contributed by atoms with Crippen LogP contribution in [0.15, 0.2) is 0 Å². The molecule has 0 saturated heterocycles. The molecule has 0 aliphatic carbocycles. The molecule has 0 aromatic rings. The van der Waals surface area contributed by atoms with Crippen LogP contribution in [0.5, 0.6) is 0 Å². The lowest BCUT2D eigenvalue weighted by atomic mass is 10.2. The SMILES string of the molecule is COC(=O)NCCCCCNC(C)C. The van der Waals surface area contributed by atoms with Gasteiger partial charge in [0.2, 0.25) is 0 Å². The number of hydrogen-bond donors (Lipinski definition) is 2. The molecular weight excluding hydrogens is 180 g/mol. The molecule has 0 spiro atoms. The van der Waals surface area contributed by atoms with Crippen LogP contribution in [0.25, 0.3) is 0 Å². The van der Waals surface area contributed by atoms with Crippen molar-refractivity contribution in [1.82, 2.24) is 10.6 Å². The summed E-state index contributed by atoms with van der Waals surface area (Å²) in [5.41, 5.74) is 0. The van der Waals surface area contributed by atoms with Gasteiger partial charge in [0.05, 0.1) is 7.11 Å². The molecule has 0 atom stereocenters. The van der Waals surface area contributed by atoms with Crippen LogP contribution in [-0.2, 0) is 4.74 Å².